The second kappa shape index (κ2) is 17.0. The van der Waals surface area contributed by atoms with E-state index >= 15 is 0 Å². The zero-order valence-electron chi connectivity index (χ0n) is 31.5. The number of anilines is 2. The Labute approximate surface area is 293 Å². The molecule has 0 fully saturated rings. The number of hydrogen-bond acceptors (Lipinski definition) is 4. The predicted molar refractivity (Wildman–Crippen MR) is 205 cm³/mol. The molecule has 1 aromatic heterocycles. The molecular formula is C41H60F2N4O2. The molecule has 4 aromatic rings. The number of halogens is 2. The Morgan fingerprint density at radius 2 is 0.980 bits per heavy atom. The van der Waals surface area contributed by atoms with Gasteiger partial charge >= 0.3 is 0 Å². The number of nitrogens with two attached hydrogens (primary N) is 2. The smallest absolute Gasteiger partial charge is 0.146 e. The van der Waals surface area contributed by atoms with Gasteiger partial charge in [-0.15, -0.1) is 0 Å². The van der Waals surface area contributed by atoms with Crippen molar-refractivity contribution in [1.29, 1.82) is 0 Å². The molecule has 0 aliphatic carbocycles. The molecule has 0 unspecified atom stereocenters. The normalized spacial score (nSPS) is 12.0. The monoisotopic (exact) mass is 678 g/mol. The Hall–Kier alpha value is -4.20. The quantitative estimate of drug-likeness (QED) is 0.0884. The largest absolute Gasteiger partial charge is 0.487 e. The van der Waals surface area contributed by atoms with E-state index < -0.39 is 0 Å². The average molecular weight is 679 g/mol. The highest BCUT2D eigenvalue weighted by atomic mass is 20.0. The molecule has 6 nitrogen and oxygen atoms in total. The van der Waals surface area contributed by atoms with Crippen LogP contribution in [0.5, 0.6) is 11.5 Å². The number of nitrogens with one attached hydrogen (secondary N) is 2. The van der Waals surface area contributed by atoms with Gasteiger partial charge in [0.2, 0.25) is 0 Å². The minimum atomic E-state index is -0.0736. The summed E-state index contributed by atoms with van der Waals surface area (Å²) < 4.78 is 28.3. The molecule has 4 rings (SSSR count). The number of rotatable bonds is 12. The van der Waals surface area contributed by atoms with Gasteiger partial charge in [0.1, 0.15) is 24.7 Å². The first-order valence-corrected chi connectivity index (χ1v) is 16.8. The summed E-state index contributed by atoms with van der Waals surface area (Å²) in [6, 6.07) is 16.7. The Balaban J connectivity index is 0.000000707. The number of ether oxygens (including phenoxy) is 2. The molecular weight excluding hydrogens is 618 g/mol. The van der Waals surface area contributed by atoms with Gasteiger partial charge in [0.15, 0.2) is 0 Å². The molecule has 0 radical (unpaired) electrons. The molecule has 0 spiro atoms. The highest BCUT2D eigenvalue weighted by Gasteiger charge is 2.31. The molecule has 0 aliphatic heterocycles. The van der Waals surface area contributed by atoms with Crippen molar-refractivity contribution in [3.8, 4) is 11.5 Å². The van der Waals surface area contributed by atoms with Crippen LogP contribution in [0.2, 0.25) is 0 Å². The maximum absolute atomic E-state index is 8.00. The number of aromatic amines is 2. The van der Waals surface area contributed by atoms with Gasteiger partial charge < -0.3 is 20.9 Å². The summed E-state index contributed by atoms with van der Waals surface area (Å²) in [7, 11) is 0. The fraction of sp³-hybridized carbons (Fsp3) is 0.463. The first kappa shape index (κ1) is 41.0. The molecule has 8 heteroatoms. The van der Waals surface area contributed by atoms with Gasteiger partial charge in [-0.05, 0) is 69.9 Å². The van der Waals surface area contributed by atoms with Crippen LogP contribution >= 0.6 is 0 Å². The second-order valence-electron chi connectivity index (χ2n) is 16.5. The standard InChI is InChI=1S/C35H54N2O2.C6H6N2.F2/c1-13-15-38-30-24(18-26(20-28(30)36)34(9,10)22-32(3,4)5)17-25-19-27(35(11,12)23-33(6,7)8)21-29(37)31(25)39-16-14-2;1-2-4-6-5(3-1)7-8-6;1-2/h13-14,18-21H,1-2,15-17,22-23,36-37H2,3-12H3;1-4,7-8H;. The molecule has 270 valence electrons. The van der Waals surface area contributed by atoms with Crippen LogP contribution in [-0.4, -0.2) is 23.4 Å². The van der Waals surface area contributed by atoms with Gasteiger partial charge in [0.25, 0.3) is 0 Å². The number of hydrogen-bond donors (Lipinski definition) is 4. The maximum atomic E-state index is 8.00. The number of aromatic nitrogens is 2. The fourth-order valence-corrected chi connectivity index (χ4v) is 6.94. The number of nitrogen functional groups attached to an aromatic ring is 2. The molecule has 49 heavy (non-hydrogen) atoms. The van der Waals surface area contributed by atoms with Crippen LogP contribution in [-0.2, 0) is 17.3 Å². The van der Waals surface area contributed by atoms with Gasteiger partial charge in [-0.1, -0.05) is 119 Å². The number of para-hydroxylation sites is 2. The Morgan fingerprint density at radius 1 is 0.633 bits per heavy atom. The molecule has 1 heterocycles. The minimum absolute atomic E-state index is 0.0736. The topological polar surface area (TPSA) is 102 Å². The molecule has 3 aromatic carbocycles. The first-order chi connectivity index (χ1) is 22.8. The van der Waals surface area contributed by atoms with Crippen LogP contribution in [0, 0.1) is 10.8 Å². The summed E-state index contributed by atoms with van der Waals surface area (Å²) in [6.45, 7) is 31.2. The van der Waals surface area contributed by atoms with Crippen molar-refractivity contribution in [2.45, 2.75) is 99.3 Å². The van der Waals surface area contributed by atoms with Crippen molar-refractivity contribution in [3.63, 3.8) is 0 Å². The van der Waals surface area contributed by atoms with Crippen LogP contribution in [0.4, 0.5) is 20.5 Å². The van der Waals surface area contributed by atoms with E-state index in [0.717, 1.165) is 24.0 Å². The lowest BCUT2D eigenvalue weighted by atomic mass is 9.71. The van der Waals surface area contributed by atoms with Crippen LogP contribution in [0.15, 0.2) is 73.8 Å². The third-order valence-corrected chi connectivity index (χ3v) is 8.23. The molecule has 6 N–H and O–H groups in total. The van der Waals surface area contributed by atoms with E-state index in [9.17, 15) is 0 Å². The lowest BCUT2D eigenvalue weighted by Gasteiger charge is -2.34. The third-order valence-electron chi connectivity index (χ3n) is 8.23. The lowest BCUT2D eigenvalue weighted by molar-refractivity contribution is 0.108. The summed E-state index contributed by atoms with van der Waals surface area (Å²) in [5.74, 6) is 1.38. The molecule has 0 atom stereocenters. The summed E-state index contributed by atoms with van der Waals surface area (Å²) in [6.07, 6.45) is 6.10. The highest BCUT2D eigenvalue weighted by molar-refractivity contribution is 5.75. The van der Waals surface area contributed by atoms with Crippen molar-refractivity contribution < 1.29 is 18.6 Å². The predicted octanol–water partition coefficient (Wildman–Crippen LogP) is 11.3. The second-order valence-corrected chi connectivity index (χ2v) is 16.5. The van der Waals surface area contributed by atoms with Crippen molar-refractivity contribution in [2.24, 2.45) is 10.8 Å². The van der Waals surface area contributed by atoms with Crippen molar-refractivity contribution in [1.82, 2.24) is 10.2 Å². The number of H-pyrrole nitrogens is 2. The van der Waals surface area contributed by atoms with E-state index in [1.54, 1.807) is 12.2 Å². The Morgan fingerprint density at radius 3 is 1.24 bits per heavy atom. The molecule has 0 saturated carbocycles. The van der Waals surface area contributed by atoms with Crippen LogP contribution < -0.4 is 20.9 Å². The number of benzene rings is 3. The summed E-state index contributed by atoms with van der Waals surface area (Å²) in [5, 5.41) is 5.88. The molecule has 0 amide bonds. The first-order valence-electron chi connectivity index (χ1n) is 16.8. The van der Waals surface area contributed by atoms with Crippen LogP contribution in [0.25, 0.3) is 11.0 Å². The fourth-order valence-electron chi connectivity index (χ4n) is 6.94. The average Bonchev–Trinajstić information content (AvgIpc) is 2.96. The van der Waals surface area contributed by atoms with Crippen molar-refractivity contribution in [3.05, 3.63) is 96.1 Å². The third kappa shape index (κ3) is 12.0. The number of fused-ring (bicyclic) bond motifs is 1. The van der Waals surface area contributed by atoms with Gasteiger partial charge in [-0.2, -0.15) is 0 Å². The highest BCUT2D eigenvalue weighted by Crippen LogP contribution is 2.44. The van der Waals surface area contributed by atoms with Gasteiger partial charge in [-0.3, -0.25) is 10.2 Å². The maximum Gasteiger partial charge on any atom is 0.146 e. The van der Waals surface area contributed by atoms with Gasteiger partial charge in [0.05, 0.1) is 22.4 Å². The Bertz CT molecular complexity index is 1530. The van der Waals surface area contributed by atoms with E-state index in [2.05, 4.69) is 117 Å². The molecule has 0 saturated heterocycles. The van der Waals surface area contributed by atoms with E-state index in [4.69, 9.17) is 30.1 Å². The van der Waals surface area contributed by atoms with Crippen molar-refractivity contribution >= 4 is 22.4 Å². The van der Waals surface area contributed by atoms with Crippen molar-refractivity contribution in [2.75, 3.05) is 24.7 Å². The van der Waals surface area contributed by atoms with E-state index in [-0.39, 0.29) is 21.7 Å². The van der Waals surface area contributed by atoms with Gasteiger partial charge in [0, 0.05) is 26.7 Å². The van der Waals surface area contributed by atoms with Crippen LogP contribution in [0.3, 0.4) is 0 Å². The zero-order chi connectivity index (χ0) is 37.2. The zero-order valence-corrected chi connectivity index (χ0v) is 31.5. The van der Waals surface area contributed by atoms with E-state index in [0.29, 0.717) is 42.5 Å². The SMILES string of the molecule is C=CCOc1c(N)cc(C(C)(C)CC(C)(C)C)cc1Cc1cc(C(C)(C)CC(C)(C)C)cc(N)c1OCC=C.FF.c1ccc2[nH][nH]c2c1. The summed E-state index contributed by atoms with van der Waals surface area (Å²) >= 11 is 0. The minimum Gasteiger partial charge on any atom is -0.487 e. The summed E-state index contributed by atoms with van der Waals surface area (Å²) in [4.78, 5) is 0. The Kier molecular flexibility index (Phi) is 14.2. The lowest BCUT2D eigenvalue weighted by Crippen LogP contribution is -2.25. The molecule has 0 bridgehead atoms. The molecule has 0 aliphatic rings. The summed E-state index contributed by atoms with van der Waals surface area (Å²) in [5.41, 5.74) is 21.6. The van der Waals surface area contributed by atoms with E-state index in [1.807, 2.05) is 24.3 Å². The van der Waals surface area contributed by atoms with Crippen LogP contribution in [0.1, 0.15) is 104 Å². The van der Waals surface area contributed by atoms with Gasteiger partial charge in [-0.25, -0.2) is 0 Å². The van der Waals surface area contributed by atoms with E-state index in [1.165, 1.54) is 22.2 Å².